The lowest BCUT2D eigenvalue weighted by Gasteiger charge is -2.09. The average Bonchev–Trinajstić information content (AvgIpc) is 3.45. The Morgan fingerprint density at radius 3 is 2.76 bits per heavy atom. The van der Waals surface area contributed by atoms with Crippen LogP contribution in [0.3, 0.4) is 0 Å². The second-order valence-corrected chi connectivity index (χ2v) is 8.21. The predicted octanol–water partition coefficient (Wildman–Crippen LogP) is 6.69. The fraction of sp³-hybridized carbons (Fsp3) is 0.450. The molecule has 0 saturated heterocycles. The van der Waals surface area contributed by atoms with Crippen LogP contribution in [0, 0.1) is 0 Å². The molecule has 0 aliphatic heterocycles. The normalized spacial score (nSPS) is 13.8. The zero-order valence-corrected chi connectivity index (χ0v) is 16.5. The number of alkyl halides is 1. The van der Waals surface area contributed by atoms with Gasteiger partial charge >= 0.3 is 0 Å². The quantitative estimate of drug-likeness (QED) is 0.254. The van der Waals surface area contributed by atoms with Crippen molar-refractivity contribution in [2.24, 2.45) is 0 Å². The van der Waals surface area contributed by atoms with Gasteiger partial charge in [-0.15, -0.1) is 23.4 Å². The summed E-state index contributed by atoms with van der Waals surface area (Å²) in [6.07, 6.45) is 5.94. The van der Waals surface area contributed by atoms with E-state index < -0.39 is 0 Å². The maximum atomic E-state index is 6.36. The Balaban J connectivity index is 1.49. The minimum Gasteiger partial charge on any atom is -0.487 e. The summed E-state index contributed by atoms with van der Waals surface area (Å²) in [4.78, 5) is 4.66. The molecule has 0 unspecified atom stereocenters. The number of ether oxygens (including phenoxy) is 1. The summed E-state index contributed by atoms with van der Waals surface area (Å²) in [7, 11) is 0. The number of thioether (sulfide) groups is 1. The number of rotatable bonds is 10. The number of pyridine rings is 1. The maximum absolute atomic E-state index is 6.36. The molecule has 5 heteroatoms. The van der Waals surface area contributed by atoms with Crippen LogP contribution < -0.4 is 4.74 Å². The lowest BCUT2D eigenvalue weighted by atomic mass is 10.1. The highest BCUT2D eigenvalue weighted by molar-refractivity contribution is 7.99. The van der Waals surface area contributed by atoms with Crippen LogP contribution in [-0.4, -0.2) is 16.6 Å². The third kappa shape index (κ3) is 6.09. The first kappa shape index (κ1) is 18.9. The molecular formula is C20H23Cl2NOS. The zero-order chi connectivity index (χ0) is 17.5. The second kappa shape index (κ2) is 9.70. The predicted molar refractivity (Wildman–Crippen MR) is 107 cm³/mol. The van der Waals surface area contributed by atoms with Crippen LogP contribution in [0.25, 0.3) is 0 Å². The highest BCUT2D eigenvalue weighted by Crippen LogP contribution is 2.44. The molecule has 1 aromatic carbocycles. The summed E-state index contributed by atoms with van der Waals surface area (Å²) in [5, 5.41) is 1.86. The molecule has 3 rings (SSSR count). The van der Waals surface area contributed by atoms with Crippen molar-refractivity contribution >= 4 is 35.0 Å². The number of hydrogen-bond acceptors (Lipinski definition) is 3. The van der Waals surface area contributed by atoms with Gasteiger partial charge in [0.1, 0.15) is 12.4 Å². The Bertz CT molecular complexity index is 691. The zero-order valence-electron chi connectivity index (χ0n) is 14.2. The van der Waals surface area contributed by atoms with Gasteiger partial charge in [-0.25, -0.2) is 4.98 Å². The highest BCUT2D eigenvalue weighted by Gasteiger charge is 2.25. The lowest BCUT2D eigenvalue weighted by Crippen LogP contribution is -1.99. The van der Waals surface area contributed by atoms with Crippen LogP contribution in [0.15, 0.2) is 41.4 Å². The van der Waals surface area contributed by atoms with E-state index in [-0.39, 0.29) is 0 Å². The monoisotopic (exact) mass is 395 g/mol. The van der Waals surface area contributed by atoms with E-state index in [2.05, 4.69) is 17.1 Å². The third-order valence-electron chi connectivity index (χ3n) is 4.18. The Morgan fingerprint density at radius 2 is 2.00 bits per heavy atom. The topological polar surface area (TPSA) is 22.1 Å². The Kier molecular flexibility index (Phi) is 7.33. The van der Waals surface area contributed by atoms with E-state index >= 15 is 0 Å². The minimum absolute atomic E-state index is 0.458. The number of halogens is 2. The van der Waals surface area contributed by atoms with E-state index in [9.17, 15) is 0 Å². The highest BCUT2D eigenvalue weighted by atomic mass is 35.5. The van der Waals surface area contributed by atoms with Gasteiger partial charge in [0, 0.05) is 10.9 Å². The van der Waals surface area contributed by atoms with Crippen molar-refractivity contribution in [1.82, 2.24) is 4.98 Å². The van der Waals surface area contributed by atoms with Gasteiger partial charge in [0.05, 0.1) is 10.7 Å². The molecule has 1 heterocycles. The van der Waals surface area contributed by atoms with Crippen LogP contribution in [0.4, 0.5) is 0 Å². The largest absolute Gasteiger partial charge is 0.487 e. The molecule has 0 atom stereocenters. The molecular weight excluding hydrogens is 373 g/mol. The van der Waals surface area contributed by atoms with Crippen LogP contribution >= 0.6 is 35.0 Å². The summed E-state index contributed by atoms with van der Waals surface area (Å²) in [5.74, 6) is 3.28. The van der Waals surface area contributed by atoms with Crippen LogP contribution in [-0.2, 0) is 6.61 Å². The molecule has 0 radical (unpaired) electrons. The minimum atomic E-state index is 0.458. The fourth-order valence-electron chi connectivity index (χ4n) is 2.65. The summed E-state index contributed by atoms with van der Waals surface area (Å²) in [6, 6.07) is 12.1. The van der Waals surface area contributed by atoms with Gasteiger partial charge in [0.25, 0.3) is 0 Å². The Labute approximate surface area is 164 Å². The Hall–Kier alpha value is -0.900. The Morgan fingerprint density at radius 1 is 1.12 bits per heavy atom. The molecule has 2 aromatic rings. The summed E-state index contributed by atoms with van der Waals surface area (Å²) >= 11 is 13.8. The number of benzene rings is 1. The lowest BCUT2D eigenvalue weighted by molar-refractivity contribution is 0.300. The summed E-state index contributed by atoms with van der Waals surface area (Å²) in [5.41, 5.74) is 2.19. The molecule has 1 fully saturated rings. The third-order valence-corrected chi connectivity index (χ3v) is 5.80. The second-order valence-electron chi connectivity index (χ2n) is 6.31. The summed E-state index contributed by atoms with van der Waals surface area (Å²) in [6.45, 7) is 0.458. The molecule has 0 spiro atoms. The molecule has 134 valence electrons. The van der Waals surface area contributed by atoms with Crippen molar-refractivity contribution in [3.8, 4) is 5.75 Å². The average molecular weight is 396 g/mol. The standard InChI is InChI=1S/C20H23Cl2NOS/c21-11-2-1-3-12-25-20-6-4-5-16(23-20)14-24-17-9-10-18(15-7-8-15)19(22)13-17/h4-6,9-10,13,15H,1-3,7-8,11-12,14H2. The van der Waals surface area contributed by atoms with E-state index in [4.69, 9.17) is 27.9 Å². The van der Waals surface area contributed by atoms with Crippen molar-refractivity contribution in [2.75, 3.05) is 11.6 Å². The van der Waals surface area contributed by atoms with E-state index in [1.807, 2.05) is 24.3 Å². The van der Waals surface area contributed by atoms with Gasteiger partial charge < -0.3 is 4.74 Å². The van der Waals surface area contributed by atoms with Crippen molar-refractivity contribution < 1.29 is 4.74 Å². The van der Waals surface area contributed by atoms with E-state index in [1.54, 1.807) is 11.8 Å². The molecule has 25 heavy (non-hydrogen) atoms. The number of hydrogen-bond donors (Lipinski definition) is 0. The van der Waals surface area contributed by atoms with Crippen LogP contribution in [0.1, 0.15) is 49.3 Å². The molecule has 0 amide bonds. The SMILES string of the molecule is ClCCCCCSc1cccc(COc2ccc(C3CC3)c(Cl)c2)n1. The fourth-order valence-corrected chi connectivity index (χ4v) is 4.08. The molecule has 1 aliphatic carbocycles. The van der Waals surface area contributed by atoms with Crippen molar-refractivity contribution in [1.29, 1.82) is 0 Å². The molecule has 1 saturated carbocycles. The molecule has 0 N–H and O–H groups in total. The number of unbranched alkanes of at least 4 members (excludes halogenated alkanes) is 2. The van der Waals surface area contributed by atoms with Gasteiger partial charge in [-0.05, 0) is 67.2 Å². The van der Waals surface area contributed by atoms with Gasteiger partial charge in [-0.1, -0.05) is 30.2 Å². The van der Waals surface area contributed by atoms with Crippen molar-refractivity contribution in [2.45, 2.75) is 49.7 Å². The van der Waals surface area contributed by atoms with Gasteiger partial charge in [0.2, 0.25) is 0 Å². The molecule has 1 aliphatic rings. The first-order chi connectivity index (χ1) is 12.3. The van der Waals surface area contributed by atoms with Crippen LogP contribution in [0.2, 0.25) is 5.02 Å². The van der Waals surface area contributed by atoms with Gasteiger partial charge in [0.15, 0.2) is 0 Å². The first-order valence-corrected chi connectivity index (χ1v) is 10.7. The summed E-state index contributed by atoms with van der Waals surface area (Å²) < 4.78 is 5.87. The number of aromatic nitrogens is 1. The molecule has 0 bridgehead atoms. The van der Waals surface area contributed by atoms with Crippen molar-refractivity contribution in [3.63, 3.8) is 0 Å². The van der Waals surface area contributed by atoms with Crippen LogP contribution in [0.5, 0.6) is 5.75 Å². The first-order valence-electron chi connectivity index (χ1n) is 8.83. The van der Waals surface area contributed by atoms with E-state index in [0.717, 1.165) is 39.5 Å². The van der Waals surface area contributed by atoms with Crippen molar-refractivity contribution in [3.05, 3.63) is 52.7 Å². The van der Waals surface area contributed by atoms with Gasteiger partial charge in [-0.3, -0.25) is 0 Å². The van der Waals surface area contributed by atoms with E-state index in [0.29, 0.717) is 12.5 Å². The molecule has 2 nitrogen and oxygen atoms in total. The number of nitrogens with zero attached hydrogens (tertiary/aromatic N) is 1. The smallest absolute Gasteiger partial charge is 0.130 e. The van der Waals surface area contributed by atoms with Gasteiger partial charge in [-0.2, -0.15) is 0 Å². The maximum Gasteiger partial charge on any atom is 0.130 e. The van der Waals surface area contributed by atoms with E-state index in [1.165, 1.54) is 31.2 Å². The molecule has 1 aromatic heterocycles.